The van der Waals surface area contributed by atoms with E-state index in [2.05, 4.69) is 15.0 Å². The Kier molecular flexibility index (Phi) is 7.12. The molecule has 0 bridgehead atoms. The molecule has 9 nitrogen and oxygen atoms in total. The van der Waals surface area contributed by atoms with Crippen molar-refractivity contribution in [3.05, 3.63) is 70.1 Å². The summed E-state index contributed by atoms with van der Waals surface area (Å²) < 4.78 is 16.6. The fraction of sp³-hybridized carbons (Fsp3) is 0.364. The molecule has 0 saturated carbocycles. The van der Waals surface area contributed by atoms with Crippen LogP contribution in [-0.4, -0.2) is 48.9 Å². The fourth-order valence-electron chi connectivity index (χ4n) is 3.38. The molecule has 0 spiro atoms. The van der Waals surface area contributed by atoms with Gasteiger partial charge in [-0.05, 0) is 42.3 Å². The number of aliphatic hydroxyl groups is 1. The highest BCUT2D eigenvalue weighted by Crippen LogP contribution is 2.35. The summed E-state index contributed by atoms with van der Waals surface area (Å²) in [4.78, 5) is 20.4. The van der Waals surface area contributed by atoms with Crippen molar-refractivity contribution in [2.75, 3.05) is 20.3 Å². The average Bonchev–Trinajstić information content (AvgIpc) is 3.12. The van der Waals surface area contributed by atoms with Gasteiger partial charge < -0.3 is 19.3 Å². The minimum atomic E-state index is -1.32. The number of carbonyl (C=O) groups is 1. The van der Waals surface area contributed by atoms with Gasteiger partial charge in [-0.2, -0.15) is 0 Å². The van der Waals surface area contributed by atoms with Crippen LogP contribution in [0.4, 0.5) is 5.69 Å². The Bertz CT molecular complexity index is 1000. The number of benzene rings is 2. The summed E-state index contributed by atoms with van der Waals surface area (Å²) in [5, 5.41) is 12.6. The minimum Gasteiger partial charge on any atom is -0.494 e. The van der Waals surface area contributed by atoms with E-state index in [4.69, 9.17) is 24.8 Å². The average molecular weight is 424 g/mol. The number of aliphatic hydroxyl groups excluding tert-OH is 1. The molecule has 3 rings (SSSR count). The number of nitrogens with zero attached hydrogens (tertiary/aromatic N) is 4. The van der Waals surface area contributed by atoms with Crippen LogP contribution in [0.25, 0.3) is 10.4 Å². The third kappa shape index (κ3) is 4.79. The number of azide groups is 1. The summed E-state index contributed by atoms with van der Waals surface area (Å²) in [7, 11) is 1.31. The second kappa shape index (κ2) is 9.97. The monoisotopic (exact) mass is 424 g/mol. The van der Waals surface area contributed by atoms with Crippen molar-refractivity contribution in [2.24, 2.45) is 10.1 Å². The zero-order chi connectivity index (χ0) is 22.3. The topological polar surface area (TPSA) is 126 Å². The van der Waals surface area contributed by atoms with Gasteiger partial charge in [0.1, 0.15) is 11.9 Å². The molecule has 1 aliphatic rings. The molecule has 1 heterocycles. The predicted octanol–water partition coefficient (Wildman–Crippen LogP) is 3.71. The van der Waals surface area contributed by atoms with Gasteiger partial charge in [0.25, 0.3) is 0 Å². The lowest BCUT2D eigenvalue weighted by molar-refractivity contribution is -0.149. The number of carbonyl (C=O) groups excluding carboxylic acids is 1. The molecule has 0 fully saturated rings. The molecule has 1 N–H and O–H groups in total. The van der Waals surface area contributed by atoms with Crippen molar-refractivity contribution in [2.45, 2.75) is 31.4 Å². The van der Waals surface area contributed by atoms with Gasteiger partial charge in [-0.3, -0.25) is 0 Å². The molecule has 9 heteroatoms. The van der Waals surface area contributed by atoms with Gasteiger partial charge >= 0.3 is 5.97 Å². The van der Waals surface area contributed by atoms with Gasteiger partial charge in [0.2, 0.25) is 11.4 Å². The minimum absolute atomic E-state index is 0.0685. The first-order valence-electron chi connectivity index (χ1n) is 9.86. The number of methoxy groups -OCH3 is 1. The zero-order valence-electron chi connectivity index (χ0n) is 17.4. The Morgan fingerprint density at radius 3 is 2.71 bits per heavy atom. The Balaban J connectivity index is 1.92. The molecule has 0 amide bonds. The lowest BCUT2D eigenvalue weighted by Gasteiger charge is -2.26. The summed E-state index contributed by atoms with van der Waals surface area (Å²) in [5.74, 6) is 0.446. The first-order valence-corrected chi connectivity index (χ1v) is 9.86. The highest BCUT2D eigenvalue weighted by Gasteiger charge is 2.51. The van der Waals surface area contributed by atoms with Crippen LogP contribution in [0.3, 0.4) is 0 Å². The lowest BCUT2D eigenvalue weighted by Crippen LogP contribution is -2.47. The SMILES string of the molecule is COC(=O)[C@]1(Cc2ccccc2N=[N+]=[N-])N=C(c2ccc(OCCCO)cc2)O[C@@H]1C. The number of esters is 1. The molecule has 31 heavy (non-hydrogen) atoms. The van der Waals surface area contributed by atoms with Crippen molar-refractivity contribution in [3.63, 3.8) is 0 Å². The summed E-state index contributed by atoms with van der Waals surface area (Å²) in [6.45, 7) is 2.25. The Morgan fingerprint density at radius 2 is 2.03 bits per heavy atom. The molecule has 162 valence electrons. The van der Waals surface area contributed by atoms with Crippen molar-refractivity contribution < 1.29 is 24.1 Å². The Hall–Kier alpha value is -3.55. The van der Waals surface area contributed by atoms with Crippen LogP contribution in [0.5, 0.6) is 5.75 Å². The van der Waals surface area contributed by atoms with E-state index in [0.717, 1.165) is 0 Å². The standard InChI is InChI=1S/C22H24N4O5/c1-15-22(21(28)29-2,14-17-6-3-4-7-19(17)25-26-23)24-20(31-15)16-8-10-18(11-9-16)30-13-5-12-27/h3-4,6-11,15,27H,5,12-14H2,1-2H3/t15-,22-/m1/s1. The fourth-order valence-corrected chi connectivity index (χ4v) is 3.38. The molecule has 0 aromatic heterocycles. The highest BCUT2D eigenvalue weighted by molar-refractivity contribution is 5.99. The number of hydrogen-bond donors (Lipinski definition) is 1. The van der Waals surface area contributed by atoms with Crippen molar-refractivity contribution in [1.29, 1.82) is 0 Å². The Labute approximate surface area is 179 Å². The van der Waals surface area contributed by atoms with Crippen LogP contribution >= 0.6 is 0 Å². The molecule has 1 aliphatic heterocycles. The number of aliphatic imine (C=N–C) groups is 1. The van der Waals surface area contributed by atoms with Gasteiger partial charge in [-0.15, -0.1) is 0 Å². The van der Waals surface area contributed by atoms with Crippen LogP contribution in [-0.2, 0) is 20.7 Å². The maximum Gasteiger partial charge on any atom is 0.338 e. The number of hydrogen-bond acceptors (Lipinski definition) is 7. The molecule has 0 radical (unpaired) electrons. The van der Waals surface area contributed by atoms with Gasteiger partial charge in [0.15, 0.2) is 0 Å². The second-order valence-corrected chi connectivity index (χ2v) is 7.04. The third-order valence-corrected chi connectivity index (χ3v) is 5.08. The van der Waals surface area contributed by atoms with E-state index in [1.807, 2.05) is 0 Å². The van der Waals surface area contributed by atoms with E-state index in [-0.39, 0.29) is 13.0 Å². The maximum absolute atomic E-state index is 12.8. The maximum atomic E-state index is 12.8. The lowest BCUT2D eigenvalue weighted by atomic mass is 9.86. The second-order valence-electron chi connectivity index (χ2n) is 7.04. The normalized spacial score (nSPS) is 19.7. The van der Waals surface area contributed by atoms with Crippen LogP contribution < -0.4 is 4.74 Å². The molecular weight excluding hydrogens is 400 g/mol. The zero-order valence-corrected chi connectivity index (χ0v) is 17.4. The molecule has 0 aliphatic carbocycles. The Morgan fingerprint density at radius 1 is 1.29 bits per heavy atom. The third-order valence-electron chi connectivity index (χ3n) is 5.08. The predicted molar refractivity (Wildman–Crippen MR) is 114 cm³/mol. The van der Waals surface area contributed by atoms with E-state index >= 15 is 0 Å². The highest BCUT2D eigenvalue weighted by atomic mass is 16.5. The molecular formula is C22H24N4O5. The van der Waals surface area contributed by atoms with Crippen LogP contribution in [0, 0.1) is 0 Å². The molecule has 2 aromatic carbocycles. The smallest absolute Gasteiger partial charge is 0.338 e. The van der Waals surface area contributed by atoms with Crippen LogP contribution in [0.1, 0.15) is 24.5 Å². The van der Waals surface area contributed by atoms with Gasteiger partial charge in [-0.25, -0.2) is 9.79 Å². The molecule has 2 aromatic rings. The van der Waals surface area contributed by atoms with E-state index in [1.54, 1.807) is 55.5 Å². The van der Waals surface area contributed by atoms with E-state index in [0.29, 0.717) is 41.5 Å². The van der Waals surface area contributed by atoms with E-state index < -0.39 is 17.6 Å². The van der Waals surface area contributed by atoms with Crippen LogP contribution in [0.2, 0.25) is 0 Å². The van der Waals surface area contributed by atoms with Crippen LogP contribution in [0.15, 0.2) is 58.6 Å². The number of ether oxygens (including phenoxy) is 3. The quantitative estimate of drug-likeness (QED) is 0.216. The number of rotatable bonds is 9. The summed E-state index contributed by atoms with van der Waals surface area (Å²) in [6.07, 6.45) is 0.102. The van der Waals surface area contributed by atoms with Crippen molar-refractivity contribution in [1.82, 2.24) is 0 Å². The van der Waals surface area contributed by atoms with Gasteiger partial charge in [0.05, 0.1) is 13.7 Å². The van der Waals surface area contributed by atoms with E-state index in [9.17, 15) is 4.79 Å². The van der Waals surface area contributed by atoms with Crippen molar-refractivity contribution in [3.8, 4) is 5.75 Å². The molecule has 2 atom stereocenters. The van der Waals surface area contributed by atoms with Gasteiger partial charge in [0, 0.05) is 35.6 Å². The van der Waals surface area contributed by atoms with Gasteiger partial charge in [-0.1, -0.05) is 29.4 Å². The summed E-state index contributed by atoms with van der Waals surface area (Å²) in [5.41, 5.74) is 9.31. The first-order chi connectivity index (χ1) is 15.0. The first kappa shape index (κ1) is 22.1. The molecule has 0 unspecified atom stereocenters. The van der Waals surface area contributed by atoms with Crippen molar-refractivity contribution >= 4 is 17.6 Å². The summed E-state index contributed by atoms with van der Waals surface area (Å²) in [6, 6.07) is 14.2. The largest absolute Gasteiger partial charge is 0.494 e. The summed E-state index contributed by atoms with van der Waals surface area (Å²) >= 11 is 0. The van der Waals surface area contributed by atoms with E-state index in [1.165, 1.54) is 7.11 Å². The molecule has 0 saturated heterocycles.